The van der Waals surface area contributed by atoms with Crippen LogP contribution in [-0.4, -0.2) is 39.2 Å². The molecule has 1 aliphatic heterocycles. The van der Waals surface area contributed by atoms with Gasteiger partial charge in [-0.25, -0.2) is 4.98 Å². The molecular formula is C24H28N4O2. The smallest absolute Gasteiger partial charge is 0.251 e. The SMILES string of the molecule is CCC(C)CC(=O)N1CC(c2ccc(C(=O)NCc3ccn4ccnc4c3)cc2)C1. The zero-order chi connectivity index (χ0) is 21.1. The third-order valence-corrected chi connectivity index (χ3v) is 6.01. The highest BCUT2D eigenvalue weighted by molar-refractivity contribution is 5.94. The summed E-state index contributed by atoms with van der Waals surface area (Å²) in [4.78, 5) is 30.9. The zero-order valence-corrected chi connectivity index (χ0v) is 17.5. The Morgan fingerprint density at radius 1 is 1.17 bits per heavy atom. The highest BCUT2D eigenvalue weighted by Gasteiger charge is 2.31. The average Bonchev–Trinajstić information content (AvgIpc) is 3.19. The molecular weight excluding hydrogens is 376 g/mol. The number of imidazole rings is 1. The molecule has 1 atom stereocenters. The molecule has 4 rings (SSSR count). The van der Waals surface area contributed by atoms with Gasteiger partial charge in [0.15, 0.2) is 0 Å². The second-order valence-corrected chi connectivity index (χ2v) is 8.25. The summed E-state index contributed by atoms with van der Waals surface area (Å²) in [6, 6.07) is 11.7. The van der Waals surface area contributed by atoms with E-state index in [9.17, 15) is 9.59 Å². The van der Waals surface area contributed by atoms with Gasteiger partial charge in [0.25, 0.3) is 5.91 Å². The molecule has 0 spiro atoms. The molecule has 156 valence electrons. The highest BCUT2D eigenvalue weighted by Crippen LogP contribution is 2.28. The average molecular weight is 405 g/mol. The van der Waals surface area contributed by atoms with Gasteiger partial charge in [-0.2, -0.15) is 0 Å². The molecule has 3 aromatic rings. The number of hydrogen-bond acceptors (Lipinski definition) is 3. The van der Waals surface area contributed by atoms with E-state index in [1.807, 2.05) is 58.1 Å². The lowest BCUT2D eigenvalue weighted by molar-refractivity contribution is -0.136. The second kappa shape index (κ2) is 8.69. The van der Waals surface area contributed by atoms with Gasteiger partial charge in [-0.3, -0.25) is 9.59 Å². The van der Waals surface area contributed by atoms with Gasteiger partial charge < -0.3 is 14.6 Å². The fourth-order valence-electron chi connectivity index (χ4n) is 3.72. The Hall–Kier alpha value is -3.15. The zero-order valence-electron chi connectivity index (χ0n) is 17.5. The number of benzene rings is 1. The summed E-state index contributed by atoms with van der Waals surface area (Å²) in [5.74, 6) is 0.967. The van der Waals surface area contributed by atoms with Crippen molar-refractivity contribution in [2.75, 3.05) is 13.1 Å². The molecule has 1 fully saturated rings. The second-order valence-electron chi connectivity index (χ2n) is 8.25. The summed E-state index contributed by atoms with van der Waals surface area (Å²) < 4.78 is 1.93. The number of hydrogen-bond donors (Lipinski definition) is 1. The normalized spacial score (nSPS) is 15.1. The van der Waals surface area contributed by atoms with Crippen molar-refractivity contribution in [1.82, 2.24) is 19.6 Å². The molecule has 30 heavy (non-hydrogen) atoms. The van der Waals surface area contributed by atoms with E-state index >= 15 is 0 Å². The minimum atomic E-state index is -0.0938. The molecule has 6 heteroatoms. The Balaban J connectivity index is 1.28. The number of aromatic nitrogens is 2. The summed E-state index contributed by atoms with van der Waals surface area (Å²) >= 11 is 0. The first kappa shape index (κ1) is 20.1. The third-order valence-electron chi connectivity index (χ3n) is 6.01. The van der Waals surface area contributed by atoms with E-state index in [0.29, 0.717) is 30.4 Å². The molecule has 1 aliphatic rings. The van der Waals surface area contributed by atoms with Crippen LogP contribution in [0.25, 0.3) is 5.65 Å². The van der Waals surface area contributed by atoms with Crippen LogP contribution in [0.4, 0.5) is 0 Å². The van der Waals surface area contributed by atoms with Crippen LogP contribution in [0.1, 0.15) is 54.1 Å². The van der Waals surface area contributed by atoms with Crippen LogP contribution in [-0.2, 0) is 11.3 Å². The molecule has 0 bridgehead atoms. The molecule has 0 aliphatic carbocycles. The Morgan fingerprint density at radius 3 is 2.67 bits per heavy atom. The summed E-state index contributed by atoms with van der Waals surface area (Å²) in [6.45, 7) is 6.25. The Morgan fingerprint density at radius 2 is 1.93 bits per heavy atom. The predicted octanol–water partition coefficient (Wildman–Crippen LogP) is 3.63. The quantitative estimate of drug-likeness (QED) is 0.654. The molecule has 0 radical (unpaired) electrons. The van der Waals surface area contributed by atoms with E-state index in [0.717, 1.165) is 30.7 Å². The van der Waals surface area contributed by atoms with Crippen molar-refractivity contribution in [2.45, 2.75) is 39.2 Å². The molecule has 0 saturated carbocycles. The summed E-state index contributed by atoms with van der Waals surface area (Å²) in [6.07, 6.45) is 7.25. The van der Waals surface area contributed by atoms with Crippen LogP contribution in [0, 0.1) is 5.92 Å². The van der Waals surface area contributed by atoms with E-state index in [4.69, 9.17) is 0 Å². The van der Waals surface area contributed by atoms with Crippen molar-refractivity contribution >= 4 is 17.5 Å². The first-order valence-corrected chi connectivity index (χ1v) is 10.6. The number of pyridine rings is 1. The van der Waals surface area contributed by atoms with Gasteiger partial charge in [0, 0.05) is 56.1 Å². The minimum Gasteiger partial charge on any atom is -0.348 e. The van der Waals surface area contributed by atoms with Gasteiger partial charge in [0.05, 0.1) is 0 Å². The van der Waals surface area contributed by atoms with Gasteiger partial charge in [-0.1, -0.05) is 32.4 Å². The van der Waals surface area contributed by atoms with E-state index in [1.54, 1.807) is 6.20 Å². The molecule has 2 amide bonds. The number of carbonyl (C=O) groups excluding carboxylic acids is 2. The Bertz CT molecular complexity index is 1030. The van der Waals surface area contributed by atoms with Crippen molar-refractivity contribution in [1.29, 1.82) is 0 Å². The lowest BCUT2D eigenvalue weighted by atomic mass is 9.90. The molecule has 1 saturated heterocycles. The molecule has 6 nitrogen and oxygen atoms in total. The van der Waals surface area contributed by atoms with Crippen LogP contribution in [0.2, 0.25) is 0 Å². The Labute approximate surface area is 176 Å². The molecule has 2 aromatic heterocycles. The van der Waals surface area contributed by atoms with Crippen LogP contribution in [0.5, 0.6) is 0 Å². The first-order valence-electron chi connectivity index (χ1n) is 10.6. The standard InChI is InChI=1S/C24H28N4O2/c1-3-17(2)12-23(29)28-15-21(16-28)19-4-6-20(7-5-19)24(30)26-14-18-8-10-27-11-9-25-22(27)13-18/h4-11,13,17,21H,3,12,14-16H2,1-2H3,(H,26,30). The maximum absolute atomic E-state index is 12.5. The van der Waals surface area contributed by atoms with Crippen molar-refractivity contribution in [3.05, 3.63) is 71.7 Å². The summed E-state index contributed by atoms with van der Waals surface area (Å²) in [5, 5.41) is 2.97. The van der Waals surface area contributed by atoms with Crippen LogP contribution in [0.15, 0.2) is 55.0 Å². The van der Waals surface area contributed by atoms with E-state index in [1.165, 1.54) is 5.56 Å². The fraction of sp³-hybridized carbons (Fsp3) is 0.375. The molecule has 1 unspecified atom stereocenters. The van der Waals surface area contributed by atoms with E-state index < -0.39 is 0 Å². The van der Waals surface area contributed by atoms with Gasteiger partial charge in [0.1, 0.15) is 5.65 Å². The fourth-order valence-corrected chi connectivity index (χ4v) is 3.72. The maximum Gasteiger partial charge on any atom is 0.251 e. The van der Waals surface area contributed by atoms with Crippen molar-refractivity contribution in [3.63, 3.8) is 0 Å². The van der Waals surface area contributed by atoms with E-state index in [-0.39, 0.29) is 11.8 Å². The Kier molecular flexibility index (Phi) is 5.84. The largest absolute Gasteiger partial charge is 0.348 e. The lowest BCUT2D eigenvalue weighted by Crippen LogP contribution is -2.48. The van der Waals surface area contributed by atoms with Gasteiger partial charge in [-0.15, -0.1) is 0 Å². The maximum atomic E-state index is 12.5. The van der Waals surface area contributed by atoms with Crippen LogP contribution < -0.4 is 5.32 Å². The van der Waals surface area contributed by atoms with Crippen LogP contribution in [0.3, 0.4) is 0 Å². The number of rotatable bonds is 7. The number of likely N-dealkylation sites (tertiary alicyclic amines) is 1. The lowest BCUT2D eigenvalue weighted by Gasteiger charge is -2.40. The van der Waals surface area contributed by atoms with E-state index in [2.05, 4.69) is 24.1 Å². The molecule has 1 aromatic carbocycles. The monoisotopic (exact) mass is 404 g/mol. The highest BCUT2D eigenvalue weighted by atomic mass is 16.2. The molecule has 3 heterocycles. The number of nitrogens with zero attached hydrogens (tertiary/aromatic N) is 3. The number of carbonyl (C=O) groups is 2. The number of nitrogens with one attached hydrogen (secondary N) is 1. The third kappa shape index (κ3) is 4.37. The van der Waals surface area contributed by atoms with Crippen molar-refractivity contribution < 1.29 is 9.59 Å². The minimum absolute atomic E-state index is 0.0938. The number of fused-ring (bicyclic) bond motifs is 1. The summed E-state index contributed by atoms with van der Waals surface area (Å²) in [7, 11) is 0. The summed E-state index contributed by atoms with van der Waals surface area (Å²) in [5.41, 5.74) is 3.70. The predicted molar refractivity (Wildman–Crippen MR) is 116 cm³/mol. The van der Waals surface area contributed by atoms with Gasteiger partial charge in [-0.05, 0) is 41.3 Å². The van der Waals surface area contributed by atoms with Gasteiger partial charge in [0.2, 0.25) is 5.91 Å². The van der Waals surface area contributed by atoms with Gasteiger partial charge >= 0.3 is 0 Å². The van der Waals surface area contributed by atoms with Crippen molar-refractivity contribution in [3.8, 4) is 0 Å². The van der Waals surface area contributed by atoms with Crippen LogP contribution >= 0.6 is 0 Å². The topological polar surface area (TPSA) is 66.7 Å². The first-order chi connectivity index (χ1) is 14.5. The number of amides is 2. The van der Waals surface area contributed by atoms with Crippen molar-refractivity contribution in [2.24, 2.45) is 5.92 Å². The molecule has 1 N–H and O–H groups in total.